The molecule has 3 atom stereocenters. The van der Waals surface area contributed by atoms with Crippen LogP contribution in [0.3, 0.4) is 0 Å². The number of nitrogens with zero attached hydrogens (tertiary/aromatic N) is 6. The highest BCUT2D eigenvalue weighted by Crippen LogP contribution is 2.50. The summed E-state index contributed by atoms with van der Waals surface area (Å²) in [5.41, 5.74) is 12.7. The smallest absolute Gasteiger partial charge is 0.381 e. The lowest BCUT2D eigenvalue weighted by atomic mass is 9.83. The van der Waals surface area contributed by atoms with Crippen LogP contribution in [-0.4, -0.2) is 59.8 Å². The summed E-state index contributed by atoms with van der Waals surface area (Å²) in [6, 6.07) is 2.53. The zero-order chi connectivity index (χ0) is 26.5. The third-order valence-electron chi connectivity index (χ3n) is 9.59. The number of carbonyl (C=O) groups excluding carboxylic acids is 1. The number of fused-ring (bicyclic) bond motifs is 4. The number of nitrogen functional groups attached to an aromatic ring is 1. The second-order valence-corrected chi connectivity index (χ2v) is 12.2. The van der Waals surface area contributed by atoms with Crippen LogP contribution in [0, 0.1) is 0 Å². The standard InChI is InChI=1S/C29H32N8O2/c1-29(39)8-2-3-16-9-18(12-31-24(16)29)21-13-34-37-25(30)22(15-4-5-15)23(35-27(21)37)17-10-19-6-7-20(11-17)36(19)28(38)26-32-14-33-26/h9,12-15,17,19-20,39H,2-8,10-11H2,1H3,(H2,30,34,35)/p+1. The van der Waals surface area contributed by atoms with Crippen LogP contribution in [-0.2, 0) is 16.8 Å². The Balaban J connectivity index is 1.20. The van der Waals surface area contributed by atoms with E-state index in [0.717, 1.165) is 97.1 Å². The third-order valence-corrected chi connectivity index (χ3v) is 9.59. The second-order valence-electron chi connectivity index (χ2n) is 12.2. The molecule has 3 fully saturated rings. The van der Waals surface area contributed by atoms with E-state index in [9.17, 15) is 9.90 Å². The molecule has 2 bridgehead atoms. The first-order chi connectivity index (χ1) is 18.9. The molecule has 1 saturated carbocycles. The van der Waals surface area contributed by atoms with Crippen molar-refractivity contribution in [3.8, 4) is 11.1 Å². The van der Waals surface area contributed by atoms with E-state index >= 15 is 0 Å². The van der Waals surface area contributed by atoms with Gasteiger partial charge in [0.1, 0.15) is 11.4 Å². The molecule has 3 aromatic heterocycles. The number of nitrogens with two attached hydrogens (primary N) is 1. The van der Waals surface area contributed by atoms with E-state index in [-0.39, 0.29) is 23.9 Å². The number of carbonyl (C=O) groups is 1. The molecular weight excluding hydrogens is 492 g/mol. The second kappa shape index (κ2) is 8.13. The van der Waals surface area contributed by atoms with Crippen molar-refractivity contribution in [2.24, 2.45) is 0 Å². The summed E-state index contributed by atoms with van der Waals surface area (Å²) >= 11 is 0. The maximum atomic E-state index is 13.1. The Morgan fingerprint density at radius 1 is 1.18 bits per heavy atom. The predicted molar refractivity (Wildman–Crippen MR) is 147 cm³/mol. The fourth-order valence-corrected chi connectivity index (χ4v) is 7.53. The van der Waals surface area contributed by atoms with Crippen molar-refractivity contribution in [2.75, 3.05) is 5.73 Å². The number of aromatic nitrogens is 4. The molecule has 3 aliphatic heterocycles. The summed E-state index contributed by atoms with van der Waals surface area (Å²) in [7, 11) is 0. The lowest BCUT2D eigenvalue weighted by molar-refractivity contribution is -0.128. The fourth-order valence-electron chi connectivity index (χ4n) is 7.53. The molecule has 4 N–H and O–H groups in total. The van der Waals surface area contributed by atoms with Gasteiger partial charge in [-0.15, -0.1) is 0 Å². The van der Waals surface area contributed by atoms with Gasteiger partial charge in [-0.3, -0.25) is 9.78 Å². The predicted octanol–water partition coefficient (Wildman–Crippen LogP) is 2.13. The maximum absolute atomic E-state index is 13.1. The van der Waals surface area contributed by atoms with Gasteiger partial charge >= 0.3 is 11.7 Å². The van der Waals surface area contributed by atoms with Crippen LogP contribution in [0.1, 0.15) is 92.6 Å². The van der Waals surface area contributed by atoms with E-state index in [2.05, 4.69) is 26.0 Å². The van der Waals surface area contributed by atoms with Gasteiger partial charge in [0.15, 0.2) is 5.65 Å². The van der Waals surface area contributed by atoms with Gasteiger partial charge in [0, 0.05) is 40.9 Å². The van der Waals surface area contributed by atoms with Gasteiger partial charge in [0.2, 0.25) is 0 Å². The van der Waals surface area contributed by atoms with Crippen LogP contribution < -0.4 is 15.7 Å². The Hall–Kier alpha value is -3.75. The Labute approximate surface area is 226 Å². The molecule has 2 saturated heterocycles. The first-order valence-corrected chi connectivity index (χ1v) is 14.3. The van der Waals surface area contributed by atoms with Crippen LogP contribution in [0.2, 0.25) is 0 Å². The normalized spacial score (nSPS) is 29.1. The molecule has 0 spiro atoms. The Morgan fingerprint density at radius 3 is 2.64 bits per heavy atom. The average molecular weight is 526 g/mol. The molecule has 6 heterocycles. The van der Waals surface area contributed by atoms with Crippen molar-refractivity contribution in [3.63, 3.8) is 0 Å². The van der Waals surface area contributed by atoms with Crippen molar-refractivity contribution < 1.29 is 9.90 Å². The zero-order valence-electron chi connectivity index (χ0n) is 22.1. The van der Waals surface area contributed by atoms with Crippen LogP contribution in [0.4, 0.5) is 5.82 Å². The van der Waals surface area contributed by atoms with Gasteiger partial charge in [0.25, 0.3) is 6.34 Å². The molecular formula is C29H33N8O2+. The van der Waals surface area contributed by atoms with Gasteiger partial charge < -0.3 is 15.7 Å². The molecule has 0 radical (unpaired) electrons. The molecule has 0 aromatic carbocycles. The molecule has 10 heteroatoms. The summed E-state index contributed by atoms with van der Waals surface area (Å²) in [6.45, 7) is 1.85. The molecule has 200 valence electrons. The minimum atomic E-state index is -0.891. The fraction of sp³-hybridized carbons (Fsp3) is 0.517. The van der Waals surface area contributed by atoms with Gasteiger partial charge in [-0.1, -0.05) is 0 Å². The SMILES string of the molecule is CC1(O)CCCc2cc(-c3cnn4c(N)c(C5CC5)c(C5CC6CCC(C5)N6C(=O)C5=[N+]=CN5)nc34)cnc21. The summed E-state index contributed by atoms with van der Waals surface area (Å²) in [5, 5.41) is 18.4. The summed E-state index contributed by atoms with van der Waals surface area (Å²) < 4.78 is 5.91. The molecule has 39 heavy (non-hydrogen) atoms. The van der Waals surface area contributed by atoms with Crippen molar-refractivity contribution in [1.82, 2.24) is 34.5 Å². The van der Waals surface area contributed by atoms with E-state index in [4.69, 9.17) is 15.7 Å². The van der Waals surface area contributed by atoms with Gasteiger partial charge in [-0.05, 0) is 82.3 Å². The number of hydrogen-bond acceptors (Lipinski definition) is 7. The van der Waals surface area contributed by atoms with Crippen molar-refractivity contribution in [2.45, 2.75) is 94.2 Å². The Morgan fingerprint density at radius 2 is 1.95 bits per heavy atom. The first kappa shape index (κ1) is 23.2. The molecule has 2 aliphatic carbocycles. The monoisotopic (exact) mass is 525 g/mol. The Kier molecular flexibility index (Phi) is 4.83. The summed E-state index contributed by atoms with van der Waals surface area (Å²) in [5.74, 6) is 1.84. The van der Waals surface area contributed by atoms with E-state index < -0.39 is 5.60 Å². The summed E-state index contributed by atoms with van der Waals surface area (Å²) in [6.07, 6.45) is 13.9. The number of amidine groups is 1. The third kappa shape index (κ3) is 3.47. The lowest BCUT2D eigenvalue weighted by Gasteiger charge is -2.38. The number of aliphatic hydroxyl groups is 1. The van der Waals surface area contributed by atoms with E-state index in [1.54, 1.807) is 10.9 Å². The number of piperidine rings is 1. The van der Waals surface area contributed by atoms with Crippen molar-refractivity contribution >= 4 is 29.5 Å². The van der Waals surface area contributed by atoms with E-state index in [1.165, 1.54) is 0 Å². The summed E-state index contributed by atoms with van der Waals surface area (Å²) in [4.78, 5) is 25.1. The molecule has 3 aromatic rings. The lowest BCUT2D eigenvalue weighted by Crippen LogP contribution is -2.54. The molecule has 10 nitrogen and oxygen atoms in total. The van der Waals surface area contributed by atoms with E-state index in [0.29, 0.717) is 17.6 Å². The molecule has 8 rings (SSSR count). The van der Waals surface area contributed by atoms with Crippen molar-refractivity contribution in [3.05, 3.63) is 41.0 Å². The minimum absolute atomic E-state index is 0.0192. The number of anilines is 1. The highest BCUT2D eigenvalue weighted by molar-refractivity contribution is 6.41. The number of pyridine rings is 1. The topological polar surface area (TPSA) is 136 Å². The average Bonchev–Trinajstić information content (AvgIpc) is 3.56. The maximum Gasteiger partial charge on any atom is 0.381 e. The van der Waals surface area contributed by atoms with Crippen LogP contribution in [0.15, 0.2) is 18.5 Å². The number of rotatable bonds is 4. The van der Waals surface area contributed by atoms with Crippen molar-refractivity contribution in [1.29, 1.82) is 0 Å². The quantitative estimate of drug-likeness (QED) is 0.444. The molecule has 5 aliphatic rings. The van der Waals surface area contributed by atoms with Crippen LogP contribution in [0.5, 0.6) is 0 Å². The van der Waals surface area contributed by atoms with Crippen LogP contribution in [0.25, 0.3) is 16.8 Å². The van der Waals surface area contributed by atoms with Gasteiger partial charge in [0.05, 0.1) is 17.6 Å². The zero-order valence-corrected chi connectivity index (χ0v) is 22.1. The van der Waals surface area contributed by atoms with E-state index in [1.807, 2.05) is 19.3 Å². The molecule has 3 unspecified atom stereocenters. The first-order valence-electron chi connectivity index (χ1n) is 14.3. The molecule has 1 amide bonds. The largest absolute Gasteiger partial charge is 0.384 e. The minimum Gasteiger partial charge on any atom is -0.384 e. The van der Waals surface area contributed by atoms with Crippen LogP contribution >= 0.6 is 0 Å². The Bertz CT molecular complexity index is 1600. The number of aryl methyl sites for hydroxylation is 1. The number of nitrogens with one attached hydrogen (secondary N) is 1. The highest BCUT2D eigenvalue weighted by Gasteiger charge is 2.48. The number of hydrogen-bond donors (Lipinski definition) is 3. The highest BCUT2D eigenvalue weighted by atomic mass is 16.3. The number of amides is 1. The van der Waals surface area contributed by atoms with Gasteiger partial charge in [-0.25, -0.2) is 15.0 Å². The van der Waals surface area contributed by atoms with Gasteiger partial charge in [-0.2, -0.15) is 9.61 Å².